The monoisotopic (exact) mass is 466 g/mol. The number of carboxylic acids is 1. The van der Waals surface area contributed by atoms with Gasteiger partial charge in [-0.2, -0.15) is 0 Å². The summed E-state index contributed by atoms with van der Waals surface area (Å²) < 4.78 is 13.2. The lowest BCUT2D eigenvalue weighted by Gasteiger charge is -2.25. The number of aromatic nitrogens is 1. The zero-order valence-electron chi connectivity index (χ0n) is 18.0. The molecule has 2 aromatic carbocycles. The molecule has 33 heavy (non-hydrogen) atoms. The molecule has 1 atom stereocenters. The van der Waals surface area contributed by atoms with Crippen molar-refractivity contribution in [2.24, 2.45) is 0 Å². The maximum absolute atomic E-state index is 13.2. The molecular formula is C26H24ClFN2O3. The minimum Gasteiger partial charge on any atom is -0.478 e. The molecule has 1 amide bonds. The smallest absolute Gasteiger partial charge is 0.337 e. The molecule has 0 bridgehead atoms. The van der Waals surface area contributed by atoms with Crippen LogP contribution in [0.3, 0.4) is 0 Å². The Morgan fingerprint density at radius 1 is 1.00 bits per heavy atom. The number of benzene rings is 2. The standard InChI is InChI=1S/C26H24ClFN2O3/c27-19-8-3-18(4-9-19)16-25(31)30-15-1-2-24(30)23-14-12-21(26(32)33)22(29-23)13-7-17-5-10-20(28)11-6-17/h3-6,8-12,14,24H,1-2,7,13,15-16H2,(H,32,33)/t24-/m1/s1. The number of carbonyl (C=O) groups excluding carboxylic acids is 1. The SMILES string of the molecule is O=C(O)c1ccc([C@H]2CCCN2C(=O)Cc2ccc(Cl)cc2)nc1CCc1ccc(F)cc1. The highest BCUT2D eigenvalue weighted by Gasteiger charge is 2.31. The van der Waals surface area contributed by atoms with Crippen LogP contribution in [0.5, 0.6) is 0 Å². The second-order valence-corrected chi connectivity index (χ2v) is 8.65. The average Bonchev–Trinajstić information content (AvgIpc) is 3.30. The van der Waals surface area contributed by atoms with Crippen LogP contribution in [0.25, 0.3) is 0 Å². The fraction of sp³-hybridized carbons (Fsp3) is 0.269. The Hall–Kier alpha value is -3.25. The van der Waals surface area contributed by atoms with Gasteiger partial charge in [0.2, 0.25) is 5.91 Å². The Morgan fingerprint density at radius 3 is 2.39 bits per heavy atom. The largest absolute Gasteiger partial charge is 0.478 e. The molecule has 1 aliphatic heterocycles. The van der Waals surface area contributed by atoms with Crippen molar-refractivity contribution in [3.05, 3.63) is 99.6 Å². The van der Waals surface area contributed by atoms with E-state index in [1.165, 1.54) is 12.1 Å². The van der Waals surface area contributed by atoms with Gasteiger partial charge in [-0.05, 0) is 73.2 Å². The van der Waals surface area contributed by atoms with E-state index in [1.54, 1.807) is 36.4 Å². The molecule has 1 fully saturated rings. The number of nitrogens with zero attached hydrogens (tertiary/aromatic N) is 2. The first kappa shape index (κ1) is 22.9. The predicted octanol–water partition coefficient (Wildman–Crippen LogP) is 5.26. The third kappa shape index (κ3) is 5.57. The highest BCUT2D eigenvalue weighted by atomic mass is 35.5. The summed E-state index contributed by atoms with van der Waals surface area (Å²) in [6, 6.07) is 16.5. The van der Waals surface area contributed by atoms with Crippen LogP contribution < -0.4 is 0 Å². The van der Waals surface area contributed by atoms with Crippen molar-refractivity contribution in [1.29, 1.82) is 0 Å². The number of hydrogen-bond donors (Lipinski definition) is 1. The summed E-state index contributed by atoms with van der Waals surface area (Å²) in [7, 11) is 0. The maximum Gasteiger partial charge on any atom is 0.337 e. The molecule has 3 aromatic rings. The van der Waals surface area contributed by atoms with Crippen LogP contribution in [-0.2, 0) is 24.1 Å². The highest BCUT2D eigenvalue weighted by molar-refractivity contribution is 6.30. The first-order valence-corrected chi connectivity index (χ1v) is 11.3. The van der Waals surface area contributed by atoms with Crippen molar-refractivity contribution >= 4 is 23.5 Å². The Bertz CT molecular complexity index is 1150. The fourth-order valence-corrected chi connectivity index (χ4v) is 4.38. The molecule has 0 unspecified atom stereocenters. The van der Waals surface area contributed by atoms with Crippen molar-refractivity contribution in [3.63, 3.8) is 0 Å². The van der Waals surface area contributed by atoms with Gasteiger partial charge < -0.3 is 10.0 Å². The van der Waals surface area contributed by atoms with Crippen molar-refractivity contribution in [3.8, 4) is 0 Å². The van der Waals surface area contributed by atoms with Crippen LogP contribution in [0.15, 0.2) is 60.7 Å². The lowest BCUT2D eigenvalue weighted by Crippen LogP contribution is -2.32. The number of hydrogen-bond acceptors (Lipinski definition) is 3. The quantitative estimate of drug-likeness (QED) is 0.515. The first-order chi connectivity index (χ1) is 15.9. The molecule has 2 heterocycles. The molecule has 0 aliphatic carbocycles. The van der Waals surface area contributed by atoms with E-state index < -0.39 is 5.97 Å². The van der Waals surface area contributed by atoms with E-state index in [-0.39, 0.29) is 29.8 Å². The van der Waals surface area contributed by atoms with Gasteiger partial charge in [-0.3, -0.25) is 9.78 Å². The summed E-state index contributed by atoms with van der Waals surface area (Å²) in [6.45, 7) is 0.643. The lowest BCUT2D eigenvalue weighted by atomic mass is 10.0. The number of carbonyl (C=O) groups is 2. The average molecular weight is 467 g/mol. The third-order valence-corrected chi connectivity index (χ3v) is 6.23. The molecule has 1 saturated heterocycles. The number of aromatic carboxylic acids is 1. The Kier molecular flexibility index (Phi) is 7.04. The normalized spacial score (nSPS) is 15.6. The van der Waals surface area contributed by atoms with Crippen LogP contribution >= 0.6 is 11.6 Å². The zero-order chi connectivity index (χ0) is 23.4. The van der Waals surface area contributed by atoms with Gasteiger partial charge in [-0.15, -0.1) is 0 Å². The van der Waals surface area contributed by atoms with E-state index in [2.05, 4.69) is 0 Å². The molecule has 4 rings (SSSR count). The van der Waals surface area contributed by atoms with Crippen LogP contribution in [-0.4, -0.2) is 33.4 Å². The number of amides is 1. The van der Waals surface area contributed by atoms with Gasteiger partial charge in [-0.25, -0.2) is 9.18 Å². The molecular weight excluding hydrogens is 443 g/mol. The number of likely N-dealkylation sites (tertiary alicyclic amines) is 1. The summed E-state index contributed by atoms with van der Waals surface area (Å²) in [5, 5.41) is 10.2. The predicted molar refractivity (Wildman–Crippen MR) is 124 cm³/mol. The zero-order valence-corrected chi connectivity index (χ0v) is 18.8. The first-order valence-electron chi connectivity index (χ1n) is 10.9. The Labute approximate surface area is 196 Å². The lowest BCUT2D eigenvalue weighted by molar-refractivity contribution is -0.131. The third-order valence-electron chi connectivity index (χ3n) is 5.97. The maximum atomic E-state index is 13.2. The molecule has 0 spiro atoms. The van der Waals surface area contributed by atoms with Gasteiger partial charge in [-0.1, -0.05) is 35.9 Å². The highest BCUT2D eigenvalue weighted by Crippen LogP contribution is 2.32. The number of halogens is 2. The molecule has 7 heteroatoms. The summed E-state index contributed by atoms with van der Waals surface area (Å²) in [4.78, 5) is 31.3. The van der Waals surface area contributed by atoms with Crippen molar-refractivity contribution in [2.45, 2.75) is 38.1 Å². The van der Waals surface area contributed by atoms with E-state index in [0.29, 0.717) is 35.8 Å². The molecule has 0 radical (unpaired) electrons. The van der Waals surface area contributed by atoms with Crippen LogP contribution in [0.2, 0.25) is 5.02 Å². The van der Waals surface area contributed by atoms with Crippen LogP contribution in [0.4, 0.5) is 4.39 Å². The molecule has 1 N–H and O–H groups in total. The number of carboxylic acid groups (broad SMARTS) is 1. The second-order valence-electron chi connectivity index (χ2n) is 8.21. The summed E-state index contributed by atoms with van der Waals surface area (Å²) in [5.41, 5.74) is 3.13. The molecule has 1 aromatic heterocycles. The van der Waals surface area contributed by atoms with Gasteiger partial charge in [0.15, 0.2) is 0 Å². The van der Waals surface area contributed by atoms with Gasteiger partial charge in [0.25, 0.3) is 0 Å². The molecule has 1 aliphatic rings. The molecule has 0 saturated carbocycles. The van der Waals surface area contributed by atoms with E-state index in [0.717, 1.165) is 24.0 Å². The Balaban J connectivity index is 1.53. The number of aryl methyl sites for hydroxylation is 2. The molecule has 170 valence electrons. The van der Waals surface area contributed by atoms with Crippen LogP contribution in [0, 0.1) is 5.82 Å². The molecule has 5 nitrogen and oxygen atoms in total. The number of pyridine rings is 1. The van der Waals surface area contributed by atoms with Gasteiger partial charge >= 0.3 is 5.97 Å². The van der Waals surface area contributed by atoms with E-state index in [9.17, 15) is 19.1 Å². The van der Waals surface area contributed by atoms with E-state index in [1.807, 2.05) is 17.0 Å². The Morgan fingerprint density at radius 2 is 1.70 bits per heavy atom. The van der Waals surface area contributed by atoms with Gasteiger partial charge in [0.1, 0.15) is 5.82 Å². The minimum absolute atomic E-state index is 0.0109. The fourth-order valence-electron chi connectivity index (χ4n) is 4.25. The van der Waals surface area contributed by atoms with Crippen LogP contribution in [0.1, 0.15) is 51.8 Å². The summed E-state index contributed by atoms with van der Waals surface area (Å²) >= 11 is 5.94. The second kappa shape index (κ2) is 10.1. The van der Waals surface area contributed by atoms with Gasteiger partial charge in [0.05, 0.1) is 29.4 Å². The van der Waals surface area contributed by atoms with Crippen molar-refractivity contribution in [2.75, 3.05) is 6.54 Å². The summed E-state index contributed by atoms with van der Waals surface area (Å²) in [5.74, 6) is -1.34. The topological polar surface area (TPSA) is 70.5 Å². The van der Waals surface area contributed by atoms with E-state index >= 15 is 0 Å². The van der Waals surface area contributed by atoms with E-state index in [4.69, 9.17) is 16.6 Å². The van der Waals surface area contributed by atoms with Crippen molar-refractivity contribution < 1.29 is 19.1 Å². The number of rotatable bonds is 7. The minimum atomic E-state index is -1.04. The summed E-state index contributed by atoms with van der Waals surface area (Å²) in [6.07, 6.45) is 2.87. The van der Waals surface area contributed by atoms with Crippen molar-refractivity contribution in [1.82, 2.24) is 9.88 Å². The van der Waals surface area contributed by atoms with Gasteiger partial charge in [0, 0.05) is 11.6 Å².